The molecule has 5 aromatic rings. The van der Waals surface area contributed by atoms with Gasteiger partial charge in [0.1, 0.15) is 5.52 Å². The highest BCUT2D eigenvalue weighted by atomic mass is 15.4. The van der Waals surface area contributed by atoms with Gasteiger partial charge in [-0.15, -0.1) is 5.10 Å². The summed E-state index contributed by atoms with van der Waals surface area (Å²) in [6, 6.07) is 24.4. The van der Waals surface area contributed by atoms with Gasteiger partial charge in [-0.1, -0.05) is 47.7 Å². The summed E-state index contributed by atoms with van der Waals surface area (Å²) in [5, 5.41) is 9.66. The number of aromatic nitrogens is 5. The van der Waals surface area contributed by atoms with Crippen molar-refractivity contribution in [2.75, 3.05) is 0 Å². The first-order valence-electron chi connectivity index (χ1n) is 8.46. The van der Waals surface area contributed by atoms with E-state index in [4.69, 9.17) is 4.98 Å². The largest absolute Gasteiger partial charge is 0.256 e. The molecule has 0 aliphatic rings. The monoisotopic (exact) mass is 337 g/mol. The summed E-state index contributed by atoms with van der Waals surface area (Å²) in [4.78, 5) is 9.16. The van der Waals surface area contributed by atoms with Crippen molar-refractivity contribution in [3.8, 4) is 11.3 Å². The Balaban J connectivity index is 1.55. The Bertz CT molecular complexity index is 1210. The fourth-order valence-corrected chi connectivity index (χ4v) is 3.13. The van der Waals surface area contributed by atoms with E-state index in [-0.39, 0.29) is 0 Å². The van der Waals surface area contributed by atoms with E-state index < -0.39 is 0 Å². The van der Waals surface area contributed by atoms with E-state index in [1.807, 2.05) is 53.3 Å². The molecule has 0 fully saturated rings. The van der Waals surface area contributed by atoms with E-state index in [9.17, 15) is 0 Å². The van der Waals surface area contributed by atoms with Crippen molar-refractivity contribution in [3.63, 3.8) is 0 Å². The van der Waals surface area contributed by atoms with Crippen LogP contribution in [0.25, 0.3) is 33.3 Å². The highest BCUT2D eigenvalue weighted by Crippen LogP contribution is 2.20. The molecule has 5 nitrogen and oxygen atoms in total. The molecule has 0 saturated carbocycles. The zero-order chi connectivity index (χ0) is 17.3. The number of hydrogen-bond donors (Lipinski definition) is 0. The summed E-state index contributed by atoms with van der Waals surface area (Å²) < 4.78 is 1.85. The molecule has 3 heterocycles. The number of fused-ring (bicyclic) bond motifs is 2. The third-order valence-corrected chi connectivity index (χ3v) is 4.43. The van der Waals surface area contributed by atoms with Crippen LogP contribution in [0.1, 0.15) is 5.56 Å². The van der Waals surface area contributed by atoms with Crippen LogP contribution in [0, 0.1) is 0 Å². The number of rotatable bonds is 3. The molecule has 0 unspecified atom stereocenters. The van der Waals surface area contributed by atoms with Crippen LogP contribution in [0.4, 0.5) is 0 Å². The molecule has 0 N–H and O–H groups in total. The molecule has 5 heteroatoms. The Hall–Kier alpha value is -3.60. The van der Waals surface area contributed by atoms with Gasteiger partial charge in [-0.2, -0.15) is 0 Å². The van der Waals surface area contributed by atoms with Gasteiger partial charge in [0.15, 0.2) is 5.65 Å². The van der Waals surface area contributed by atoms with Crippen molar-refractivity contribution in [2.45, 2.75) is 6.54 Å². The minimum absolute atomic E-state index is 0.618. The standard InChI is InChI=1S/C21H15N5/c1-2-5-16(6-3-1)19-10-11-20-21(23-19)26(25-24-20)14-15-8-9-18-17(13-15)7-4-12-22-18/h1-13H,14H2. The van der Waals surface area contributed by atoms with Gasteiger partial charge in [0.2, 0.25) is 0 Å². The molecular formula is C21H15N5. The van der Waals surface area contributed by atoms with E-state index in [1.54, 1.807) is 0 Å². The predicted molar refractivity (Wildman–Crippen MR) is 102 cm³/mol. The Morgan fingerprint density at radius 2 is 1.69 bits per heavy atom. The molecule has 124 valence electrons. The minimum atomic E-state index is 0.618. The number of pyridine rings is 2. The first-order valence-corrected chi connectivity index (χ1v) is 8.46. The quantitative estimate of drug-likeness (QED) is 0.497. The fourth-order valence-electron chi connectivity index (χ4n) is 3.13. The van der Waals surface area contributed by atoms with Gasteiger partial charge >= 0.3 is 0 Å². The Kier molecular flexibility index (Phi) is 3.42. The molecule has 3 aromatic heterocycles. The predicted octanol–water partition coefficient (Wildman–Crippen LogP) is 4.09. The lowest BCUT2D eigenvalue weighted by atomic mass is 10.1. The number of nitrogens with zero attached hydrogens (tertiary/aromatic N) is 5. The molecule has 5 rings (SSSR count). The Morgan fingerprint density at radius 1 is 0.808 bits per heavy atom. The fraction of sp³-hybridized carbons (Fsp3) is 0.0476. The molecule has 0 aliphatic heterocycles. The maximum atomic E-state index is 4.79. The minimum Gasteiger partial charge on any atom is -0.256 e. The lowest BCUT2D eigenvalue weighted by Crippen LogP contribution is -2.03. The Labute approximate surface area is 150 Å². The molecule has 0 radical (unpaired) electrons. The van der Waals surface area contributed by atoms with Gasteiger partial charge in [-0.05, 0) is 35.9 Å². The van der Waals surface area contributed by atoms with Gasteiger partial charge in [-0.25, -0.2) is 9.67 Å². The average Bonchev–Trinajstić information content (AvgIpc) is 3.10. The van der Waals surface area contributed by atoms with Crippen LogP contribution in [-0.4, -0.2) is 25.0 Å². The number of hydrogen-bond acceptors (Lipinski definition) is 4. The van der Waals surface area contributed by atoms with E-state index in [2.05, 4.69) is 45.6 Å². The van der Waals surface area contributed by atoms with Crippen molar-refractivity contribution < 1.29 is 0 Å². The van der Waals surface area contributed by atoms with Crippen molar-refractivity contribution in [1.82, 2.24) is 25.0 Å². The molecule has 0 spiro atoms. The van der Waals surface area contributed by atoms with Crippen LogP contribution >= 0.6 is 0 Å². The summed E-state index contributed by atoms with van der Waals surface area (Å²) >= 11 is 0. The van der Waals surface area contributed by atoms with Crippen molar-refractivity contribution >= 4 is 22.1 Å². The van der Waals surface area contributed by atoms with E-state index in [0.717, 1.165) is 38.9 Å². The summed E-state index contributed by atoms with van der Waals surface area (Å²) in [6.45, 7) is 0.618. The number of benzene rings is 2. The van der Waals surface area contributed by atoms with Gasteiger partial charge < -0.3 is 0 Å². The van der Waals surface area contributed by atoms with Crippen LogP contribution in [0.2, 0.25) is 0 Å². The second-order valence-electron chi connectivity index (χ2n) is 6.18. The van der Waals surface area contributed by atoms with Crippen LogP contribution in [0.3, 0.4) is 0 Å². The van der Waals surface area contributed by atoms with Crippen LogP contribution in [-0.2, 0) is 6.54 Å². The molecule has 0 saturated heterocycles. The molecule has 0 atom stereocenters. The first kappa shape index (κ1) is 14.7. The van der Waals surface area contributed by atoms with Crippen LogP contribution in [0.5, 0.6) is 0 Å². The summed E-state index contributed by atoms with van der Waals surface area (Å²) in [6.07, 6.45) is 1.81. The van der Waals surface area contributed by atoms with Crippen molar-refractivity contribution in [3.05, 3.63) is 84.6 Å². The maximum absolute atomic E-state index is 4.79. The summed E-state index contributed by atoms with van der Waals surface area (Å²) in [5.41, 5.74) is 5.72. The Morgan fingerprint density at radius 3 is 2.62 bits per heavy atom. The highest BCUT2D eigenvalue weighted by Gasteiger charge is 2.09. The van der Waals surface area contributed by atoms with Gasteiger partial charge in [-0.3, -0.25) is 4.98 Å². The molecule has 0 amide bonds. The first-order chi connectivity index (χ1) is 12.9. The molecule has 2 aromatic carbocycles. The maximum Gasteiger partial charge on any atom is 0.179 e. The third-order valence-electron chi connectivity index (χ3n) is 4.43. The van der Waals surface area contributed by atoms with E-state index in [1.165, 1.54) is 0 Å². The highest BCUT2D eigenvalue weighted by molar-refractivity contribution is 5.79. The zero-order valence-electron chi connectivity index (χ0n) is 13.9. The van der Waals surface area contributed by atoms with Crippen LogP contribution < -0.4 is 0 Å². The molecule has 0 aliphatic carbocycles. The molecule has 26 heavy (non-hydrogen) atoms. The smallest absolute Gasteiger partial charge is 0.179 e. The second kappa shape index (κ2) is 6.04. The van der Waals surface area contributed by atoms with Crippen molar-refractivity contribution in [2.24, 2.45) is 0 Å². The van der Waals surface area contributed by atoms with E-state index >= 15 is 0 Å². The lowest BCUT2D eigenvalue weighted by molar-refractivity contribution is 0.665. The second-order valence-corrected chi connectivity index (χ2v) is 6.18. The normalized spacial score (nSPS) is 11.2. The lowest BCUT2D eigenvalue weighted by Gasteiger charge is -2.05. The zero-order valence-corrected chi connectivity index (χ0v) is 13.9. The van der Waals surface area contributed by atoms with Crippen LogP contribution in [0.15, 0.2) is 79.0 Å². The summed E-state index contributed by atoms with van der Waals surface area (Å²) in [7, 11) is 0. The molecule has 0 bridgehead atoms. The van der Waals surface area contributed by atoms with Gasteiger partial charge in [0.25, 0.3) is 0 Å². The van der Waals surface area contributed by atoms with E-state index in [0.29, 0.717) is 6.54 Å². The topological polar surface area (TPSA) is 56.5 Å². The summed E-state index contributed by atoms with van der Waals surface area (Å²) in [5.74, 6) is 0. The van der Waals surface area contributed by atoms with Gasteiger partial charge in [0.05, 0.1) is 17.8 Å². The molecular weight excluding hydrogens is 322 g/mol. The average molecular weight is 337 g/mol. The van der Waals surface area contributed by atoms with Gasteiger partial charge in [0, 0.05) is 17.1 Å². The third kappa shape index (κ3) is 2.59. The SMILES string of the molecule is c1ccc(-c2ccc3nnn(Cc4ccc5ncccc5c4)c3n2)cc1. The van der Waals surface area contributed by atoms with Crippen molar-refractivity contribution in [1.29, 1.82) is 0 Å².